The summed E-state index contributed by atoms with van der Waals surface area (Å²) in [6, 6.07) is 9.25. The van der Waals surface area contributed by atoms with Crippen LogP contribution in [-0.4, -0.2) is 15.7 Å². The van der Waals surface area contributed by atoms with Gasteiger partial charge in [-0.15, -0.1) is 11.3 Å². The van der Waals surface area contributed by atoms with Crippen LogP contribution in [0, 0.1) is 0 Å². The second kappa shape index (κ2) is 3.98. The van der Waals surface area contributed by atoms with Crippen LogP contribution in [0.2, 0.25) is 5.15 Å². The molecule has 3 aromatic heterocycles. The Hall–Kier alpha value is -1.65. The van der Waals surface area contributed by atoms with Gasteiger partial charge in [-0.05, 0) is 23.6 Å². The number of fused-ring (bicyclic) bond motifs is 1. The normalized spacial score (nSPS) is 10.9. The molecule has 0 atom stereocenters. The summed E-state index contributed by atoms with van der Waals surface area (Å²) in [5.74, 6) is 0. The lowest BCUT2D eigenvalue weighted by molar-refractivity contribution is 0.111. The van der Waals surface area contributed by atoms with Crippen molar-refractivity contribution in [3.63, 3.8) is 0 Å². The van der Waals surface area contributed by atoms with E-state index in [-0.39, 0.29) is 0 Å². The maximum Gasteiger partial charge on any atom is 0.169 e. The number of carbonyl (C=O) groups is 1. The van der Waals surface area contributed by atoms with Crippen LogP contribution in [0.15, 0.2) is 35.7 Å². The zero-order chi connectivity index (χ0) is 11.8. The molecule has 0 bridgehead atoms. The van der Waals surface area contributed by atoms with Crippen LogP contribution in [0.1, 0.15) is 10.5 Å². The number of rotatable bonds is 2. The van der Waals surface area contributed by atoms with E-state index in [0.717, 1.165) is 11.2 Å². The van der Waals surface area contributed by atoms with Crippen LogP contribution in [0.4, 0.5) is 0 Å². The van der Waals surface area contributed by atoms with Crippen LogP contribution in [0.5, 0.6) is 0 Å². The average molecular weight is 263 g/mol. The van der Waals surface area contributed by atoms with Crippen LogP contribution in [-0.2, 0) is 0 Å². The minimum absolute atomic E-state index is 0.486. The smallest absolute Gasteiger partial charge is 0.169 e. The van der Waals surface area contributed by atoms with Gasteiger partial charge in [-0.1, -0.05) is 23.7 Å². The Morgan fingerprint density at radius 2 is 2.18 bits per heavy atom. The van der Waals surface area contributed by atoms with Crippen LogP contribution >= 0.6 is 22.9 Å². The Bertz CT molecular complexity index is 688. The van der Waals surface area contributed by atoms with Crippen molar-refractivity contribution < 1.29 is 4.79 Å². The van der Waals surface area contributed by atoms with E-state index in [1.54, 1.807) is 21.8 Å². The summed E-state index contributed by atoms with van der Waals surface area (Å²) in [6.45, 7) is 0. The van der Waals surface area contributed by atoms with Gasteiger partial charge in [0.2, 0.25) is 0 Å². The molecule has 0 N–H and O–H groups in total. The zero-order valence-corrected chi connectivity index (χ0v) is 10.2. The van der Waals surface area contributed by atoms with Gasteiger partial charge in [-0.25, -0.2) is 4.98 Å². The van der Waals surface area contributed by atoms with E-state index >= 15 is 0 Å². The van der Waals surface area contributed by atoms with E-state index in [9.17, 15) is 4.79 Å². The van der Waals surface area contributed by atoms with Crippen molar-refractivity contribution in [3.8, 4) is 10.6 Å². The number of halogens is 1. The molecule has 0 aromatic carbocycles. The lowest BCUT2D eigenvalue weighted by atomic mass is 10.3. The number of nitrogens with zero attached hydrogens (tertiary/aromatic N) is 2. The molecule has 3 heterocycles. The van der Waals surface area contributed by atoms with Crippen molar-refractivity contribution >= 4 is 34.9 Å². The van der Waals surface area contributed by atoms with Crippen molar-refractivity contribution in [3.05, 3.63) is 46.6 Å². The maximum absolute atomic E-state index is 11.2. The quantitative estimate of drug-likeness (QED) is 0.523. The van der Waals surface area contributed by atoms with Gasteiger partial charge in [-0.2, -0.15) is 0 Å². The van der Waals surface area contributed by atoms with E-state index < -0.39 is 0 Å². The standard InChI is InChI=1S/C12H7ClN2OS/c13-10-4-1-5-11-14-12(8(7-16)15(10)11)9-3-2-6-17-9/h1-7H. The molecule has 0 unspecified atom stereocenters. The highest BCUT2D eigenvalue weighted by Crippen LogP contribution is 2.29. The molecular formula is C12H7ClN2OS. The lowest BCUT2D eigenvalue weighted by Crippen LogP contribution is -1.93. The molecule has 0 aliphatic heterocycles. The molecule has 0 aliphatic rings. The minimum Gasteiger partial charge on any atom is -0.296 e. The van der Waals surface area contributed by atoms with Gasteiger partial charge >= 0.3 is 0 Å². The monoisotopic (exact) mass is 262 g/mol. The SMILES string of the molecule is O=Cc1c(-c2cccs2)nc2cccc(Cl)n12. The molecule has 0 spiro atoms. The van der Waals surface area contributed by atoms with Gasteiger partial charge in [0.05, 0.1) is 4.88 Å². The molecule has 3 aromatic rings. The number of pyridine rings is 1. The highest BCUT2D eigenvalue weighted by molar-refractivity contribution is 7.13. The summed E-state index contributed by atoms with van der Waals surface area (Å²) in [4.78, 5) is 16.6. The summed E-state index contributed by atoms with van der Waals surface area (Å²) in [5, 5.41) is 2.44. The van der Waals surface area contributed by atoms with Crippen molar-refractivity contribution in [1.29, 1.82) is 0 Å². The van der Waals surface area contributed by atoms with Gasteiger partial charge < -0.3 is 0 Å². The average Bonchev–Trinajstić information content (AvgIpc) is 2.95. The first-order valence-corrected chi connectivity index (χ1v) is 6.23. The lowest BCUT2D eigenvalue weighted by Gasteiger charge is -1.98. The Morgan fingerprint density at radius 3 is 2.88 bits per heavy atom. The van der Waals surface area contributed by atoms with E-state index in [2.05, 4.69) is 4.98 Å². The molecule has 0 amide bonds. The van der Waals surface area contributed by atoms with Crippen molar-refractivity contribution in [1.82, 2.24) is 9.38 Å². The Morgan fingerprint density at radius 1 is 1.29 bits per heavy atom. The predicted molar refractivity (Wildman–Crippen MR) is 68.9 cm³/mol. The third-order valence-electron chi connectivity index (χ3n) is 2.50. The van der Waals surface area contributed by atoms with Crippen LogP contribution in [0.3, 0.4) is 0 Å². The molecule has 0 fully saturated rings. The summed E-state index contributed by atoms with van der Waals surface area (Å²) in [5.41, 5.74) is 1.86. The van der Waals surface area contributed by atoms with Crippen molar-refractivity contribution in [2.45, 2.75) is 0 Å². The van der Waals surface area contributed by atoms with E-state index in [0.29, 0.717) is 22.2 Å². The Kier molecular flexibility index (Phi) is 2.46. The van der Waals surface area contributed by atoms with Crippen LogP contribution < -0.4 is 0 Å². The van der Waals surface area contributed by atoms with Crippen LogP contribution in [0.25, 0.3) is 16.2 Å². The summed E-state index contributed by atoms with van der Waals surface area (Å²) in [7, 11) is 0. The van der Waals surface area contributed by atoms with Gasteiger partial charge in [0, 0.05) is 0 Å². The number of aromatic nitrogens is 2. The second-order valence-corrected chi connectivity index (χ2v) is 4.82. The van der Waals surface area contributed by atoms with Gasteiger partial charge in [0.15, 0.2) is 6.29 Å². The number of aldehydes is 1. The molecule has 84 valence electrons. The van der Waals surface area contributed by atoms with Gasteiger partial charge in [0.1, 0.15) is 22.2 Å². The van der Waals surface area contributed by atoms with Gasteiger partial charge in [0.25, 0.3) is 0 Å². The number of hydrogen-bond acceptors (Lipinski definition) is 3. The zero-order valence-electron chi connectivity index (χ0n) is 8.63. The third kappa shape index (κ3) is 1.57. The molecule has 3 rings (SSSR count). The molecule has 0 saturated carbocycles. The number of carbonyl (C=O) groups excluding carboxylic acids is 1. The maximum atomic E-state index is 11.2. The molecule has 5 heteroatoms. The summed E-state index contributed by atoms with van der Waals surface area (Å²) < 4.78 is 1.66. The fourth-order valence-electron chi connectivity index (χ4n) is 1.78. The van der Waals surface area contributed by atoms with E-state index in [1.807, 2.05) is 29.6 Å². The minimum atomic E-state index is 0.486. The molecule has 0 radical (unpaired) electrons. The van der Waals surface area contributed by atoms with Crippen molar-refractivity contribution in [2.24, 2.45) is 0 Å². The van der Waals surface area contributed by atoms with Gasteiger partial charge in [-0.3, -0.25) is 9.20 Å². The fourth-order valence-corrected chi connectivity index (χ4v) is 2.75. The highest BCUT2D eigenvalue weighted by atomic mass is 35.5. The highest BCUT2D eigenvalue weighted by Gasteiger charge is 2.15. The van der Waals surface area contributed by atoms with E-state index in [1.165, 1.54) is 0 Å². The topological polar surface area (TPSA) is 34.4 Å². The first-order valence-electron chi connectivity index (χ1n) is 4.97. The summed E-state index contributed by atoms with van der Waals surface area (Å²) >= 11 is 7.63. The fraction of sp³-hybridized carbons (Fsp3) is 0. The largest absolute Gasteiger partial charge is 0.296 e. The molecule has 0 saturated heterocycles. The van der Waals surface area contributed by atoms with Crippen molar-refractivity contribution in [2.75, 3.05) is 0 Å². The molecule has 3 nitrogen and oxygen atoms in total. The predicted octanol–water partition coefficient (Wildman–Crippen LogP) is 3.53. The first kappa shape index (κ1) is 10.5. The molecular weight excluding hydrogens is 256 g/mol. The first-order chi connectivity index (χ1) is 8.31. The molecule has 0 aliphatic carbocycles. The number of hydrogen-bond donors (Lipinski definition) is 0. The second-order valence-electron chi connectivity index (χ2n) is 3.48. The Labute approximate surface area is 106 Å². The Balaban J connectivity index is 2.41. The summed E-state index contributed by atoms with van der Waals surface area (Å²) in [6.07, 6.45) is 0.793. The number of imidazole rings is 1. The van der Waals surface area contributed by atoms with E-state index in [4.69, 9.17) is 11.6 Å². The molecule has 17 heavy (non-hydrogen) atoms. The number of thiophene rings is 1. The third-order valence-corrected chi connectivity index (χ3v) is 3.67.